The first-order valence-corrected chi connectivity index (χ1v) is 7.64. The first-order valence-electron chi connectivity index (χ1n) is 7.64. The van der Waals surface area contributed by atoms with Crippen molar-refractivity contribution in [1.29, 1.82) is 0 Å². The Morgan fingerprint density at radius 2 is 1.58 bits per heavy atom. The fourth-order valence-corrected chi connectivity index (χ4v) is 5.69. The topological polar surface area (TPSA) is 63.4 Å². The standard InChI is InChI=1S/C15H22N2O2/c16-12-4-13(18)17(14(12)19)8-15-5-9-1-10(6-15)3-11(2-9)7-15/h9-12H,1-8,16H2. The van der Waals surface area contributed by atoms with Crippen LogP contribution in [-0.4, -0.2) is 29.3 Å². The van der Waals surface area contributed by atoms with Gasteiger partial charge in [0.05, 0.1) is 12.5 Å². The summed E-state index contributed by atoms with van der Waals surface area (Å²) in [6.07, 6.45) is 8.06. The maximum atomic E-state index is 12.0. The maximum Gasteiger partial charge on any atom is 0.246 e. The molecular weight excluding hydrogens is 240 g/mol. The predicted molar refractivity (Wildman–Crippen MR) is 69.9 cm³/mol. The highest BCUT2D eigenvalue weighted by molar-refractivity contribution is 6.05. The fourth-order valence-electron chi connectivity index (χ4n) is 5.69. The third-order valence-corrected chi connectivity index (χ3v) is 5.94. The summed E-state index contributed by atoms with van der Waals surface area (Å²) < 4.78 is 0. The van der Waals surface area contributed by atoms with E-state index < -0.39 is 6.04 Å². The van der Waals surface area contributed by atoms with E-state index in [1.165, 1.54) is 43.4 Å². The van der Waals surface area contributed by atoms with Gasteiger partial charge in [-0.3, -0.25) is 14.5 Å². The highest BCUT2D eigenvalue weighted by Crippen LogP contribution is 2.60. The first-order chi connectivity index (χ1) is 9.05. The Morgan fingerprint density at radius 3 is 2.00 bits per heavy atom. The Balaban J connectivity index is 1.56. The molecule has 5 aliphatic rings. The molecule has 2 amide bonds. The van der Waals surface area contributed by atoms with E-state index in [1.54, 1.807) is 0 Å². The monoisotopic (exact) mass is 262 g/mol. The van der Waals surface area contributed by atoms with Crippen LogP contribution in [0.4, 0.5) is 0 Å². The Hall–Kier alpha value is -0.900. The highest BCUT2D eigenvalue weighted by atomic mass is 16.2. The number of carbonyl (C=O) groups excluding carboxylic acids is 2. The zero-order valence-electron chi connectivity index (χ0n) is 11.3. The third kappa shape index (κ3) is 1.76. The average Bonchev–Trinajstić information content (AvgIpc) is 2.54. The SMILES string of the molecule is NC1CC(=O)N(CC23CC4CC(CC(C4)C2)C3)C1=O. The molecule has 4 heteroatoms. The van der Waals surface area contributed by atoms with Gasteiger partial charge in [0.1, 0.15) is 0 Å². The molecule has 5 rings (SSSR count). The first kappa shape index (κ1) is 11.9. The van der Waals surface area contributed by atoms with Gasteiger partial charge in [-0.25, -0.2) is 0 Å². The number of nitrogens with two attached hydrogens (primary N) is 1. The summed E-state index contributed by atoms with van der Waals surface area (Å²) in [4.78, 5) is 25.4. The lowest BCUT2D eigenvalue weighted by Gasteiger charge is -2.57. The zero-order chi connectivity index (χ0) is 13.2. The smallest absolute Gasteiger partial charge is 0.246 e. The summed E-state index contributed by atoms with van der Waals surface area (Å²) in [5.41, 5.74) is 5.95. The second-order valence-electron chi connectivity index (χ2n) is 7.55. The average molecular weight is 262 g/mol. The lowest BCUT2D eigenvalue weighted by atomic mass is 9.49. The molecule has 104 valence electrons. The number of likely N-dealkylation sites (tertiary alicyclic amines) is 1. The van der Waals surface area contributed by atoms with Gasteiger partial charge in [-0.1, -0.05) is 0 Å². The van der Waals surface area contributed by atoms with Crippen LogP contribution in [0.5, 0.6) is 0 Å². The van der Waals surface area contributed by atoms with Crippen molar-refractivity contribution in [3.63, 3.8) is 0 Å². The molecule has 4 saturated carbocycles. The van der Waals surface area contributed by atoms with Crippen LogP contribution >= 0.6 is 0 Å². The molecule has 1 saturated heterocycles. The third-order valence-electron chi connectivity index (χ3n) is 5.94. The fraction of sp³-hybridized carbons (Fsp3) is 0.867. The Morgan fingerprint density at radius 1 is 1.05 bits per heavy atom. The van der Waals surface area contributed by atoms with Crippen LogP contribution in [0, 0.1) is 23.2 Å². The van der Waals surface area contributed by atoms with Gasteiger partial charge >= 0.3 is 0 Å². The Labute approximate surface area is 113 Å². The van der Waals surface area contributed by atoms with E-state index in [-0.39, 0.29) is 23.7 Å². The van der Waals surface area contributed by atoms with Crippen molar-refractivity contribution in [2.75, 3.05) is 6.54 Å². The number of amides is 2. The van der Waals surface area contributed by atoms with E-state index in [2.05, 4.69) is 0 Å². The molecule has 1 unspecified atom stereocenters. The molecule has 19 heavy (non-hydrogen) atoms. The predicted octanol–water partition coefficient (Wildman–Crippen LogP) is 1.29. The van der Waals surface area contributed by atoms with Gasteiger partial charge < -0.3 is 5.73 Å². The molecule has 2 N–H and O–H groups in total. The van der Waals surface area contributed by atoms with Gasteiger partial charge in [0, 0.05) is 6.54 Å². The number of rotatable bonds is 2. The summed E-state index contributed by atoms with van der Waals surface area (Å²) >= 11 is 0. The van der Waals surface area contributed by atoms with Crippen LogP contribution in [0.3, 0.4) is 0 Å². The number of nitrogens with zero attached hydrogens (tertiary/aromatic N) is 1. The summed E-state index contributed by atoms with van der Waals surface area (Å²) in [6, 6.07) is -0.582. The molecule has 0 aromatic carbocycles. The number of hydrogen-bond donors (Lipinski definition) is 1. The lowest BCUT2D eigenvalue weighted by Crippen LogP contribution is -2.52. The minimum atomic E-state index is -0.582. The van der Waals surface area contributed by atoms with Gasteiger partial charge in [0.15, 0.2) is 0 Å². The van der Waals surface area contributed by atoms with Crippen molar-refractivity contribution < 1.29 is 9.59 Å². The summed E-state index contributed by atoms with van der Waals surface area (Å²) in [5, 5.41) is 0. The summed E-state index contributed by atoms with van der Waals surface area (Å²) in [7, 11) is 0. The highest BCUT2D eigenvalue weighted by Gasteiger charge is 2.53. The molecule has 4 bridgehead atoms. The van der Waals surface area contributed by atoms with Gasteiger partial charge in [-0.2, -0.15) is 0 Å². The van der Waals surface area contributed by atoms with E-state index in [0.717, 1.165) is 17.8 Å². The molecular formula is C15H22N2O2. The molecule has 4 nitrogen and oxygen atoms in total. The largest absolute Gasteiger partial charge is 0.319 e. The molecule has 0 spiro atoms. The minimum Gasteiger partial charge on any atom is -0.319 e. The van der Waals surface area contributed by atoms with Gasteiger partial charge in [-0.05, 0) is 61.7 Å². The molecule has 1 atom stereocenters. The lowest BCUT2D eigenvalue weighted by molar-refractivity contribution is -0.145. The van der Waals surface area contributed by atoms with Crippen LogP contribution in [0.1, 0.15) is 44.9 Å². The van der Waals surface area contributed by atoms with Crippen LogP contribution in [-0.2, 0) is 9.59 Å². The van der Waals surface area contributed by atoms with Crippen molar-refractivity contribution in [2.24, 2.45) is 28.9 Å². The second-order valence-corrected chi connectivity index (χ2v) is 7.55. The second kappa shape index (κ2) is 3.81. The molecule has 1 aliphatic heterocycles. The van der Waals surface area contributed by atoms with Crippen molar-refractivity contribution in [3.05, 3.63) is 0 Å². The van der Waals surface area contributed by atoms with E-state index in [1.807, 2.05) is 0 Å². The van der Waals surface area contributed by atoms with Crippen molar-refractivity contribution in [3.8, 4) is 0 Å². The van der Waals surface area contributed by atoms with E-state index >= 15 is 0 Å². The molecule has 0 aromatic heterocycles. The van der Waals surface area contributed by atoms with Crippen LogP contribution in [0.15, 0.2) is 0 Å². The normalized spacial score (nSPS) is 48.4. The van der Waals surface area contributed by atoms with Gasteiger partial charge in [-0.15, -0.1) is 0 Å². The van der Waals surface area contributed by atoms with Crippen LogP contribution in [0.2, 0.25) is 0 Å². The Kier molecular flexibility index (Phi) is 2.39. The van der Waals surface area contributed by atoms with E-state index in [9.17, 15) is 9.59 Å². The van der Waals surface area contributed by atoms with Gasteiger partial charge in [0.2, 0.25) is 11.8 Å². The van der Waals surface area contributed by atoms with Gasteiger partial charge in [0.25, 0.3) is 0 Å². The molecule has 4 aliphatic carbocycles. The molecule has 1 heterocycles. The number of hydrogen-bond acceptors (Lipinski definition) is 3. The number of imide groups is 1. The van der Waals surface area contributed by atoms with E-state index in [4.69, 9.17) is 5.73 Å². The van der Waals surface area contributed by atoms with E-state index in [0.29, 0.717) is 6.54 Å². The molecule has 0 aromatic rings. The summed E-state index contributed by atoms with van der Waals surface area (Å²) in [5.74, 6) is 2.38. The van der Waals surface area contributed by atoms with Crippen molar-refractivity contribution in [2.45, 2.75) is 51.0 Å². The minimum absolute atomic E-state index is 0.0479. The number of carbonyl (C=O) groups is 2. The Bertz CT molecular complexity index is 410. The molecule has 5 fully saturated rings. The van der Waals surface area contributed by atoms with Crippen molar-refractivity contribution in [1.82, 2.24) is 4.90 Å². The zero-order valence-corrected chi connectivity index (χ0v) is 11.3. The summed E-state index contributed by atoms with van der Waals surface area (Å²) in [6.45, 7) is 0.655. The molecule has 0 radical (unpaired) electrons. The quantitative estimate of drug-likeness (QED) is 0.763. The maximum absolute atomic E-state index is 12.0. The van der Waals surface area contributed by atoms with Crippen molar-refractivity contribution >= 4 is 11.8 Å². The van der Waals surface area contributed by atoms with Crippen LogP contribution in [0.25, 0.3) is 0 Å². The van der Waals surface area contributed by atoms with Crippen LogP contribution < -0.4 is 5.73 Å².